The molecule has 2 aromatic rings. The number of aryl methyl sites for hydroxylation is 1. The molecule has 11 heavy (non-hydrogen) atoms. The Morgan fingerprint density at radius 1 is 1.55 bits per heavy atom. The molecule has 0 radical (unpaired) electrons. The van der Waals surface area contributed by atoms with Crippen LogP contribution in [0.4, 0.5) is 0 Å². The predicted molar refractivity (Wildman–Crippen MR) is 41.1 cm³/mol. The van der Waals surface area contributed by atoms with Crippen molar-refractivity contribution in [2.75, 3.05) is 0 Å². The first-order chi connectivity index (χ1) is 5.42. The number of rotatable bonds is 1. The fourth-order valence-electron chi connectivity index (χ4n) is 1.10. The first-order valence-corrected chi connectivity index (χ1v) is 3.56. The third-order valence-corrected chi connectivity index (χ3v) is 1.70. The fourth-order valence-corrected chi connectivity index (χ4v) is 1.10. The molecule has 0 fully saturated rings. The molecule has 0 saturated heterocycles. The van der Waals surface area contributed by atoms with Crippen molar-refractivity contribution in [1.82, 2.24) is 20.4 Å². The molecule has 4 nitrogen and oxygen atoms in total. The quantitative estimate of drug-likeness (QED) is 0.654. The van der Waals surface area contributed by atoms with Gasteiger partial charge in [0.1, 0.15) is 5.52 Å². The van der Waals surface area contributed by atoms with Crippen molar-refractivity contribution >= 4 is 11.2 Å². The van der Waals surface area contributed by atoms with E-state index in [-0.39, 0.29) is 0 Å². The van der Waals surface area contributed by atoms with Crippen molar-refractivity contribution in [1.29, 1.82) is 0 Å². The molecule has 0 bridgehead atoms. The maximum Gasteiger partial charge on any atom is 0.201 e. The maximum absolute atomic E-state index is 4.04. The molecule has 0 aromatic carbocycles. The average molecular weight is 148 g/mol. The van der Waals surface area contributed by atoms with E-state index in [1.54, 1.807) is 6.20 Å². The topological polar surface area (TPSA) is 54.5 Å². The third-order valence-electron chi connectivity index (χ3n) is 1.70. The van der Waals surface area contributed by atoms with Gasteiger partial charge in [0.05, 0.1) is 0 Å². The molecule has 0 atom stereocenters. The molecule has 0 amide bonds. The maximum atomic E-state index is 4.04. The lowest BCUT2D eigenvalue weighted by molar-refractivity contribution is 0.952. The highest BCUT2D eigenvalue weighted by atomic mass is 15.3. The molecule has 0 saturated carbocycles. The zero-order chi connectivity index (χ0) is 7.68. The number of H-pyrrole nitrogens is 1. The number of fused-ring (bicyclic) bond motifs is 1. The van der Waals surface area contributed by atoms with E-state index in [1.807, 2.05) is 6.07 Å². The number of hydrogen-bond acceptors (Lipinski definition) is 3. The summed E-state index contributed by atoms with van der Waals surface area (Å²) in [5, 5.41) is 10.3. The van der Waals surface area contributed by atoms with Crippen molar-refractivity contribution in [3.8, 4) is 0 Å². The van der Waals surface area contributed by atoms with E-state index >= 15 is 0 Å². The van der Waals surface area contributed by atoms with Crippen LogP contribution in [0.5, 0.6) is 0 Å². The van der Waals surface area contributed by atoms with E-state index in [2.05, 4.69) is 27.3 Å². The van der Waals surface area contributed by atoms with Crippen LogP contribution >= 0.6 is 0 Å². The lowest BCUT2D eigenvalue weighted by Crippen LogP contribution is -1.84. The Hall–Kier alpha value is -1.45. The first kappa shape index (κ1) is 6.27. The van der Waals surface area contributed by atoms with Crippen molar-refractivity contribution in [2.45, 2.75) is 13.3 Å². The van der Waals surface area contributed by atoms with Crippen LogP contribution < -0.4 is 0 Å². The highest BCUT2D eigenvalue weighted by Gasteiger charge is 2.01. The molecule has 0 unspecified atom stereocenters. The van der Waals surface area contributed by atoms with Gasteiger partial charge < -0.3 is 0 Å². The Kier molecular flexibility index (Phi) is 1.31. The summed E-state index contributed by atoms with van der Waals surface area (Å²) in [6, 6.07) is 1.97. The molecule has 0 aliphatic carbocycles. The summed E-state index contributed by atoms with van der Waals surface area (Å²) in [5.74, 6) is 0. The van der Waals surface area contributed by atoms with Gasteiger partial charge in [-0.3, -0.25) is 5.10 Å². The second-order valence-corrected chi connectivity index (χ2v) is 2.33. The summed E-state index contributed by atoms with van der Waals surface area (Å²) < 4.78 is 0. The van der Waals surface area contributed by atoms with E-state index in [4.69, 9.17) is 0 Å². The zero-order valence-electron chi connectivity index (χ0n) is 6.20. The molecule has 2 aromatic heterocycles. The van der Waals surface area contributed by atoms with Crippen LogP contribution in [-0.4, -0.2) is 20.4 Å². The van der Waals surface area contributed by atoms with Gasteiger partial charge >= 0.3 is 0 Å². The van der Waals surface area contributed by atoms with Gasteiger partial charge in [0.2, 0.25) is 5.65 Å². The van der Waals surface area contributed by atoms with Crippen LogP contribution in [-0.2, 0) is 6.42 Å². The minimum Gasteiger partial charge on any atom is -0.256 e. The molecule has 0 spiro atoms. The smallest absolute Gasteiger partial charge is 0.201 e. The van der Waals surface area contributed by atoms with Crippen LogP contribution in [0.3, 0.4) is 0 Å². The van der Waals surface area contributed by atoms with E-state index < -0.39 is 0 Å². The minimum atomic E-state index is 0.698. The van der Waals surface area contributed by atoms with Gasteiger partial charge in [0.25, 0.3) is 0 Å². The number of pyridine rings is 1. The highest BCUT2D eigenvalue weighted by molar-refractivity contribution is 5.72. The van der Waals surface area contributed by atoms with E-state index in [1.165, 1.54) is 5.56 Å². The van der Waals surface area contributed by atoms with Crippen molar-refractivity contribution in [3.63, 3.8) is 0 Å². The third kappa shape index (κ3) is 0.869. The predicted octanol–water partition coefficient (Wildman–Crippen LogP) is 0.915. The SMILES string of the molecule is CCc1ccnc2nn[nH]c12. The zero-order valence-corrected chi connectivity index (χ0v) is 6.20. The van der Waals surface area contributed by atoms with Gasteiger partial charge in [0.15, 0.2) is 0 Å². The van der Waals surface area contributed by atoms with Crippen molar-refractivity contribution < 1.29 is 0 Å². The lowest BCUT2D eigenvalue weighted by Gasteiger charge is -1.93. The molecule has 0 aliphatic rings. The van der Waals surface area contributed by atoms with E-state index in [0.717, 1.165) is 11.9 Å². The number of aromatic amines is 1. The highest BCUT2D eigenvalue weighted by Crippen LogP contribution is 2.10. The Labute approximate surface area is 63.6 Å². The summed E-state index contributed by atoms with van der Waals surface area (Å²) in [7, 11) is 0. The van der Waals surface area contributed by atoms with E-state index in [0.29, 0.717) is 5.65 Å². The molecule has 4 heteroatoms. The van der Waals surface area contributed by atoms with Crippen molar-refractivity contribution in [2.24, 2.45) is 0 Å². The van der Waals surface area contributed by atoms with Gasteiger partial charge in [-0.1, -0.05) is 12.1 Å². The lowest BCUT2D eigenvalue weighted by atomic mass is 10.2. The largest absolute Gasteiger partial charge is 0.256 e. The molecule has 2 heterocycles. The minimum absolute atomic E-state index is 0.698. The summed E-state index contributed by atoms with van der Waals surface area (Å²) in [4.78, 5) is 4.04. The van der Waals surface area contributed by atoms with Crippen LogP contribution in [0.2, 0.25) is 0 Å². The number of nitrogens with zero attached hydrogens (tertiary/aromatic N) is 3. The normalized spacial score (nSPS) is 10.6. The molecular formula is C7H8N4. The monoisotopic (exact) mass is 148 g/mol. The van der Waals surface area contributed by atoms with Crippen molar-refractivity contribution in [3.05, 3.63) is 17.8 Å². The average Bonchev–Trinajstić information content (AvgIpc) is 2.50. The molecule has 1 N–H and O–H groups in total. The Bertz CT molecular complexity index is 365. The van der Waals surface area contributed by atoms with Gasteiger partial charge in [0, 0.05) is 6.20 Å². The van der Waals surface area contributed by atoms with Crippen LogP contribution in [0.1, 0.15) is 12.5 Å². The molecule has 56 valence electrons. The van der Waals surface area contributed by atoms with Gasteiger partial charge in [-0.15, -0.1) is 5.10 Å². The molecular weight excluding hydrogens is 140 g/mol. The summed E-state index contributed by atoms with van der Waals surface area (Å²) in [6.07, 6.45) is 2.73. The summed E-state index contributed by atoms with van der Waals surface area (Å²) in [6.45, 7) is 2.09. The van der Waals surface area contributed by atoms with E-state index in [9.17, 15) is 0 Å². The Morgan fingerprint density at radius 2 is 2.45 bits per heavy atom. The van der Waals surface area contributed by atoms with Crippen LogP contribution in [0.25, 0.3) is 11.2 Å². The molecule has 2 rings (SSSR count). The van der Waals surface area contributed by atoms with Gasteiger partial charge in [-0.05, 0) is 18.1 Å². The standard InChI is InChI=1S/C7H8N4/c1-2-5-3-4-8-7-6(5)9-11-10-7/h3-4H,2H2,1H3,(H,8,9,10,11). The van der Waals surface area contributed by atoms with Gasteiger partial charge in [-0.25, -0.2) is 4.98 Å². The van der Waals surface area contributed by atoms with Crippen LogP contribution in [0, 0.1) is 0 Å². The second kappa shape index (κ2) is 2.30. The number of aromatic nitrogens is 4. The molecule has 0 aliphatic heterocycles. The number of hydrogen-bond donors (Lipinski definition) is 1. The summed E-state index contributed by atoms with van der Waals surface area (Å²) >= 11 is 0. The number of nitrogens with one attached hydrogen (secondary N) is 1. The summed E-state index contributed by atoms with van der Waals surface area (Å²) in [5.41, 5.74) is 2.86. The van der Waals surface area contributed by atoms with Gasteiger partial charge in [-0.2, -0.15) is 0 Å². The Balaban J connectivity index is 2.79. The van der Waals surface area contributed by atoms with Crippen LogP contribution in [0.15, 0.2) is 12.3 Å². The second-order valence-electron chi connectivity index (χ2n) is 2.33. The fraction of sp³-hybridized carbons (Fsp3) is 0.286. The Morgan fingerprint density at radius 3 is 3.27 bits per heavy atom. The first-order valence-electron chi connectivity index (χ1n) is 3.56.